The van der Waals surface area contributed by atoms with Crippen molar-refractivity contribution in [2.75, 3.05) is 25.5 Å². The minimum atomic E-state index is -1.85. The molecule has 2 aliphatic rings. The topological polar surface area (TPSA) is 79.2 Å². The monoisotopic (exact) mass is 419 g/mol. The van der Waals surface area contributed by atoms with Crippen LogP contribution in [0.4, 0.5) is 20.4 Å². The summed E-state index contributed by atoms with van der Waals surface area (Å²) in [5, 5.41) is 7.39. The van der Waals surface area contributed by atoms with E-state index in [0.717, 1.165) is 17.5 Å². The number of nitrogens with zero attached hydrogens (tertiary/aromatic N) is 6. The molecule has 0 spiro atoms. The maximum absolute atomic E-state index is 15.5. The lowest BCUT2D eigenvalue weighted by molar-refractivity contribution is -0.149. The van der Waals surface area contributed by atoms with E-state index in [4.69, 9.17) is 0 Å². The SMILES string of the molecule is CCc1ncc(F)c(Nc2nn(C)c3c2CN(C(=O)C2(F)CCN(C)CC2)C3C)n1. The zero-order valence-corrected chi connectivity index (χ0v) is 17.7. The molecule has 1 atom stereocenters. The van der Waals surface area contributed by atoms with Crippen molar-refractivity contribution >= 4 is 17.5 Å². The van der Waals surface area contributed by atoms with Gasteiger partial charge in [0, 0.05) is 45.0 Å². The van der Waals surface area contributed by atoms with Gasteiger partial charge in [-0.15, -0.1) is 0 Å². The Hall–Kier alpha value is -2.62. The average molecular weight is 419 g/mol. The highest BCUT2D eigenvalue weighted by Gasteiger charge is 2.48. The van der Waals surface area contributed by atoms with Crippen LogP contribution in [0, 0.1) is 5.82 Å². The van der Waals surface area contributed by atoms with Gasteiger partial charge in [-0.2, -0.15) is 5.10 Å². The molecule has 0 bridgehead atoms. The molecule has 1 unspecified atom stereocenters. The summed E-state index contributed by atoms with van der Waals surface area (Å²) in [4.78, 5) is 24.9. The van der Waals surface area contributed by atoms with Gasteiger partial charge in [-0.3, -0.25) is 9.48 Å². The van der Waals surface area contributed by atoms with Gasteiger partial charge in [-0.25, -0.2) is 18.7 Å². The number of fused-ring (bicyclic) bond motifs is 1. The lowest BCUT2D eigenvalue weighted by Crippen LogP contribution is -2.51. The summed E-state index contributed by atoms with van der Waals surface area (Å²) in [6.07, 6.45) is 2.08. The minimum absolute atomic E-state index is 0.0393. The van der Waals surface area contributed by atoms with Crippen LogP contribution in [0.15, 0.2) is 6.20 Å². The second kappa shape index (κ2) is 7.57. The molecule has 1 N–H and O–H groups in total. The molecule has 8 nitrogen and oxygen atoms in total. The van der Waals surface area contributed by atoms with Crippen molar-refractivity contribution in [2.24, 2.45) is 7.05 Å². The molecule has 2 aliphatic heterocycles. The van der Waals surface area contributed by atoms with Crippen LogP contribution in [0.25, 0.3) is 0 Å². The van der Waals surface area contributed by atoms with Crippen LogP contribution in [0.5, 0.6) is 0 Å². The molecule has 2 aromatic heterocycles. The maximum Gasteiger partial charge on any atom is 0.261 e. The van der Waals surface area contributed by atoms with Gasteiger partial charge in [0.1, 0.15) is 5.82 Å². The number of halogens is 2. The second-order valence-electron chi connectivity index (χ2n) is 8.17. The van der Waals surface area contributed by atoms with Crippen LogP contribution >= 0.6 is 0 Å². The highest BCUT2D eigenvalue weighted by atomic mass is 19.1. The van der Waals surface area contributed by atoms with Crippen molar-refractivity contribution in [3.05, 3.63) is 29.1 Å². The molecule has 0 aliphatic carbocycles. The van der Waals surface area contributed by atoms with Crippen molar-refractivity contribution < 1.29 is 13.6 Å². The number of amides is 1. The van der Waals surface area contributed by atoms with E-state index in [9.17, 15) is 9.18 Å². The molecule has 2 aromatic rings. The molecule has 1 saturated heterocycles. The number of likely N-dealkylation sites (tertiary alicyclic amines) is 1. The molecule has 162 valence electrons. The fourth-order valence-electron chi connectivity index (χ4n) is 4.28. The summed E-state index contributed by atoms with van der Waals surface area (Å²) >= 11 is 0. The molecule has 0 radical (unpaired) electrons. The van der Waals surface area contributed by atoms with Gasteiger partial charge in [-0.05, 0) is 14.0 Å². The smallest absolute Gasteiger partial charge is 0.261 e. The first-order valence-corrected chi connectivity index (χ1v) is 10.3. The molecule has 30 heavy (non-hydrogen) atoms. The van der Waals surface area contributed by atoms with Crippen LogP contribution in [0.3, 0.4) is 0 Å². The van der Waals surface area contributed by atoms with Crippen molar-refractivity contribution in [3.63, 3.8) is 0 Å². The van der Waals surface area contributed by atoms with E-state index in [0.29, 0.717) is 31.2 Å². The number of aromatic nitrogens is 4. The summed E-state index contributed by atoms with van der Waals surface area (Å²) in [6.45, 7) is 5.09. The fourth-order valence-corrected chi connectivity index (χ4v) is 4.28. The van der Waals surface area contributed by atoms with Crippen LogP contribution in [0.2, 0.25) is 0 Å². The maximum atomic E-state index is 15.5. The number of carbonyl (C=O) groups excluding carboxylic acids is 1. The van der Waals surface area contributed by atoms with Crippen LogP contribution in [-0.4, -0.2) is 61.3 Å². The normalized spacial score (nSPS) is 21.0. The molecule has 1 fully saturated rings. The van der Waals surface area contributed by atoms with Gasteiger partial charge in [0.2, 0.25) is 0 Å². The fraction of sp³-hybridized carbons (Fsp3) is 0.600. The molecule has 1 amide bonds. The third-order valence-corrected chi connectivity index (χ3v) is 6.16. The Kier molecular flexibility index (Phi) is 5.21. The van der Waals surface area contributed by atoms with Gasteiger partial charge < -0.3 is 15.1 Å². The Labute approximate surface area is 174 Å². The predicted octanol–water partition coefficient (Wildman–Crippen LogP) is 2.49. The minimum Gasteiger partial charge on any atom is -0.327 e. The Balaban J connectivity index is 1.60. The van der Waals surface area contributed by atoms with E-state index in [2.05, 4.69) is 20.4 Å². The van der Waals surface area contributed by atoms with Crippen molar-refractivity contribution in [2.45, 2.75) is 51.4 Å². The summed E-state index contributed by atoms with van der Waals surface area (Å²) in [5.74, 6) is -0.0901. The van der Waals surface area contributed by atoms with E-state index in [-0.39, 0.29) is 31.2 Å². The highest BCUT2D eigenvalue weighted by Crippen LogP contribution is 2.41. The summed E-state index contributed by atoms with van der Waals surface area (Å²) < 4.78 is 31.3. The molecule has 10 heteroatoms. The third kappa shape index (κ3) is 3.42. The van der Waals surface area contributed by atoms with E-state index >= 15 is 4.39 Å². The first-order valence-electron chi connectivity index (χ1n) is 10.3. The number of aryl methyl sites for hydroxylation is 2. The Morgan fingerprint density at radius 1 is 1.30 bits per heavy atom. The lowest BCUT2D eigenvalue weighted by atomic mass is 9.91. The first kappa shape index (κ1) is 20.6. The van der Waals surface area contributed by atoms with Crippen LogP contribution in [-0.2, 0) is 24.8 Å². The van der Waals surface area contributed by atoms with E-state index < -0.39 is 17.4 Å². The van der Waals surface area contributed by atoms with Gasteiger partial charge in [-0.1, -0.05) is 6.92 Å². The van der Waals surface area contributed by atoms with Gasteiger partial charge in [0.05, 0.1) is 24.5 Å². The molecule has 4 rings (SSSR count). The third-order valence-electron chi connectivity index (χ3n) is 6.16. The molecule has 4 heterocycles. The highest BCUT2D eigenvalue weighted by molar-refractivity contribution is 5.86. The quantitative estimate of drug-likeness (QED) is 0.820. The Morgan fingerprint density at radius 3 is 2.67 bits per heavy atom. The number of hydrogen-bond donors (Lipinski definition) is 1. The first-order chi connectivity index (χ1) is 14.2. The van der Waals surface area contributed by atoms with E-state index in [1.165, 1.54) is 0 Å². The van der Waals surface area contributed by atoms with Crippen LogP contribution in [0.1, 0.15) is 49.8 Å². The zero-order valence-electron chi connectivity index (χ0n) is 17.7. The van der Waals surface area contributed by atoms with E-state index in [1.807, 2.05) is 25.8 Å². The van der Waals surface area contributed by atoms with Crippen molar-refractivity contribution in [1.29, 1.82) is 0 Å². The number of nitrogens with one attached hydrogen (secondary N) is 1. The molecule has 0 aromatic carbocycles. The standard InChI is InChI=1S/C20H27F2N7O/c1-5-15-23-10-14(21)18(24-15)25-17-13-11-29(12(2)16(13)28(4)26-17)19(30)20(22)6-8-27(3)9-7-20/h10,12H,5-9,11H2,1-4H3,(H,23,24,25,26). The number of anilines is 2. The molecular formula is C20H27F2N7O. The number of alkyl halides is 1. The van der Waals surface area contributed by atoms with Crippen molar-refractivity contribution in [1.82, 2.24) is 29.5 Å². The number of piperidine rings is 1. The number of hydrogen-bond acceptors (Lipinski definition) is 6. The zero-order chi connectivity index (χ0) is 21.6. The Morgan fingerprint density at radius 2 is 2.00 bits per heavy atom. The number of rotatable bonds is 4. The predicted molar refractivity (Wildman–Crippen MR) is 107 cm³/mol. The van der Waals surface area contributed by atoms with Gasteiger partial charge in [0.25, 0.3) is 5.91 Å². The average Bonchev–Trinajstić information content (AvgIpc) is 3.23. The van der Waals surface area contributed by atoms with Gasteiger partial charge >= 0.3 is 0 Å². The molecule has 0 saturated carbocycles. The second-order valence-corrected chi connectivity index (χ2v) is 8.17. The largest absolute Gasteiger partial charge is 0.327 e. The number of carbonyl (C=O) groups is 1. The van der Waals surface area contributed by atoms with Gasteiger partial charge in [0.15, 0.2) is 23.1 Å². The summed E-state index contributed by atoms with van der Waals surface area (Å²) in [6, 6.07) is -0.325. The summed E-state index contributed by atoms with van der Waals surface area (Å²) in [5.41, 5.74) is -0.281. The lowest BCUT2D eigenvalue weighted by Gasteiger charge is -2.37. The molecular weight excluding hydrogens is 392 g/mol. The van der Waals surface area contributed by atoms with E-state index in [1.54, 1.807) is 16.6 Å². The Bertz CT molecular complexity index is 968. The summed E-state index contributed by atoms with van der Waals surface area (Å²) in [7, 11) is 3.70. The van der Waals surface area contributed by atoms with Crippen molar-refractivity contribution in [3.8, 4) is 0 Å². The van der Waals surface area contributed by atoms with Crippen LogP contribution < -0.4 is 5.32 Å².